The molecule has 0 radical (unpaired) electrons. The molecule has 0 aromatic carbocycles. The van der Waals surface area contributed by atoms with E-state index in [1.807, 2.05) is 12.1 Å². The first kappa shape index (κ1) is 21.0. The Morgan fingerprint density at radius 2 is 2.03 bits per heavy atom. The molecule has 0 N–H and O–H groups in total. The van der Waals surface area contributed by atoms with Crippen molar-refractivity contribution in [1.29, 1.82) is 0 Å². The highest BCUT2D eigenvalue weighted by atomic mass is 32.2. The molecular weight excluding hydrogens is 444 g/mol. The molecular formula is C23H22N4O3S2. The number of piperidine rings is 1. The van der Waals surface area contributed by atoms with E-state index < -0.39 is 0 Å². The number of nitrogens with zero attached hydrogens (tertiary/aromatic N) is 4. The molecule has 0 unspecified atom stereocenters. The minimum Gasteiger partial charge on any atom is -0.467 e. The fourth-order valence-corrected chi connectivity index (χ4v) is 5.24. The van der Waals surface area contributed by atoms with E-state index in [9.17, 15) is 9.59 Å². The van der Waals surface area contributed by atoms with E-state index in [2.05, 4.69) is 11.8 Å². The van der Waals surface area contributed by atoms with Crippen LogP contribution in [0.2, 0.25) is 0 Å². The van der Waals surface area contributed by atoms with Gasteiger partial charge in [0, 0.05) is 19.3 Å². The maximum atomic E-state index is 13.4. The Morgan fingerprint density at radius 3 is 2.78 bits per heavy atom. The van der Waals surface area contributed by atoms with E-state index >= 15 is 0 Å². The predicted molar refractivity (Wildman–Crippen MR) is 129 cm³/mol. The lowest BCUT2D eigenvalue weighted by atomic mass is 9.99. The van der Waals surface area contributed by atoms with Crippen LogP contribution >= 0.6 is 24.0 Å². The lowest BCUT2D eigenvalue weighted by Gasteiger charge is -2.32. The van der Waals surface area contributed by atoms with Gasteiger partial charge in [-0.3, -0.25) is 18.9 Å². The van der Waals surface area contributed by atoms with Crippen LogP contribution in [-0.4, -0.2) is 37.6 Å². The first-order valence-corrected chi connectivity index (χ1v) is 11.8. The Hall–Kier alpha value is -2.91. The van der Waals surface area contributed by atoms with E-state index in [0.717, 1.165) is 25.9 Å². The molecule has 2 fully saturated rings. The SMILES string of the molecule is CC1CCN(c2nc3ccccn3c(=O)c2/C=C2/SC(=S)N(Cc3ccco3)C2=O)CC1. The van der Waals surface area contributed by atoms with Crippen molar-refractivity contribution in [3.63, 3.8) is 0 Å². The van der Waals surface area contributed by atoms with Crippen molar-refractivity contribution in [2.75, 3.05) is 18.0 Å². The van der Waals surface area contributed by atoms with E-state index in [-0.39, 0.29) is 18.0 Å². The average Bonchev–Trinajstić information content (AvgIpc) is 3.40. The van der Waals surface area contributed by atoms with E-state index in [0.29, 0.717) is 37.9 Å². The van der Waals surface area contributed by atoms with Crippen molar-refractivity contribution < 1.29 is 9.21 Å². The maximum absolute atomic E-state index is 13.4. The van der Waals surface area contributed by atoms with Gasteiger partial charge in [0.05, 0.1) is 23.3 Å². The van der Waals surface area contributed by atoms with Gasteiger partial charge in [0.2, 0.25) is 0 Å². The Kier molecular flexibility index (Phi) is 5.60. The number of rotatable bonds is 4. The third-order valence-electron chi connectivity index (χ3n) is 5.88. The van der Waals surface area contributed by atoms with Crippen LogP contribution in [0.4, 0.5) is 5.82 Å². The largest absolute Gasteiger partial charge is 0.467 e. The molecule has 32 heavy (non-hydrogen) atoms. The number of anilines is 1. The fourth-order valence-electron chi connectivity index (χ4n) is 4.00. The van der Waals surface area contributed by atoms with E-state index in [4.69, 9.17) is 21.6 Å². The summed E-state index contributed by atoms with van der Waals surface area (Å²) in [5, 5.41) is 0. The van der Waals surface area contributed by atoms with Gasteiger partial charge in [-0.1, -0.05) is 37.0 Å². The quantitative estimate of drug-likeness (QED) is 0.426. The molecule has 0 spiro atoms. The molecule has 3 aromatic heterocycles. The van der Waals surface area contributed by atoms with Crippen molar-refractivity contribution in [2.45, 2.75) is 26.3 Å². The summed E-state index contributed by atoms with van der Waals surface area (Å²) >= 11 is 6.64. The number of amides is 1. The topological polar surface area (TPSA) is 71.1 Å². The van der Waals surface area contributed by atoms with Crippen LogP contribution in [0.15, 0.2) is 56.9 Å². The van der Waals surface area contributed by atoms with E-state index in [1.54, 1.807) is 36.7 Å². The number of aromatic nitrogens is 2. The van der Waals surface area contributed by atoms with Crippen molar-refractivity contribution in [2.24, 2.45) is 5.92 Å². The second kappa shape index (κ2) is 8.55. The summed E-state index contributed by atoms with van der Waals surface area (Å²) in [7, 11) is 0. The standard InChI is InChI=1S/C23H22N4O3S2/c1-15-7-10-25(11-8-15)20-17(21(28)26-9-3-2-6-19(26)24-20)13-18-22(29)27(23(31)32-18)14-16-5-4-12-30-16/h2-6,9,12-13,15H,7-8,10-11,14H2,1H3/b18-13+. The second-order valence-corrected chi connectivity index (χ2v) is 9.78. The number of furan rings is 1. The summed E-state index contributed by atoms with van der Waals surface area (Å²) in [6.07, 6.45) is 7.01. The molecule has 0 atom stereocenters. The number of carbonyl (C=O) groups excluding carboxylic acids is 1. The Morgan fingerprint density at radius 1 is 1.22 bits per heavy atom. The Balaban J connectivity index is 1.57. The minimum absolute atomic E-state index is 0.194. The zero-order valence-electron chi connectivity index (χ0n) is 17.6. The predicted octanol–water partition coefficient (Wildman–Crippen LogP) is 3.93. The Labute approximate surface area is 194 Å². The average molecular weight is 467 g/mol. The van der Waals surface area contributed by atoms with Crippen LogP contribution < -0.4 is 10.5 Å². The highest BCUT2D eigenvalue weighted by Gasteiger charge is 2.33. The van der Waals surface area contributed by atoms with Crippen LogP contribution in [0.3, 0.4) is 0 Å². The summed E-state index contributed by atoms with van der Waals surface area (Å²) in [4.78, 5) is 35.4. The van der Waals surface area contributed by atoms with Gasteiger partial charge in [0.1, 0.15) is 21.5 Å². The van der Waals surface area contributed by atoms with Crippen molar-refractivity contribution in [3.05, 3.63) is 69.4 Å². The van der Waals surface area contributed by atoms with Gasteiger partial charge in [0.25, 0.3) is 11.5 Å². The third kappa shape index (κ3) is 3.86. The van der Waals surface area contributed by atoms with Crippen LogP contribution in [0, 0.1) is 5.92 Å². The maximum Gasteiger partial charge on any atom is 0.267 e. The third-order valence-corrected chi connectivity index (χ3v) is 7.25. The van der Waals surface area contributed by atoms with Gasteiger partial charge in [0.15, 0.2) is 0 Å². The smallest absolute Gasteiger partial charge is 0.267 e. The highest BCUT2D eigenvalue weighted by Crippen LogP contribution is 2.35. The Bertz CT molecular complexity index is 1270. The molecule has 2 aliphatic heterocycles. The molecule has 2 saturated heterocycles. The number of hydrogen-bond acceptors (Lipinski definition) is 7. The molecule has 164 valence electrons. The van der Waals surface area contributed by atoms with Crippen LogP contribution in [0.1, 0.15) is 31.1 Å². The summed E-state index contributed by atoms with van der Waals surface area (Å²) in [6, 6.07) is 9.06. The fraction of sp³-hybridized carbons (Fsp3) is 0.304. The van der Waals surface area contributed by atoms with Gasteiger partial charge in [-0.2, -0.15) is 0 Å². The summed E-state index contributed by atoms with van der Waals surface area (Å²) in [5.41, 5.74) is 0.816. The molecule has 0 bridgehead atoms. The van der Waals surface area contributed by atoms with Gasteiger partial charge in [-0.25, -0.2) is 4.98 Å². The molecule has 7 nitrogen and oxygen atoms in total. The number of hydrogen-bond donors (Lipinski definition) is 0. The highest BCUT2D eigenvalue weighted by molar-refractivity contribution is 8.26. The monoisotopic (exact) mass is 466 g/mol. The molecule has 9 heteroatoms. The second-order valence-electron chi connectivity index (χ2n) is 8.10. The lowest BCUT2D eigenvalue weighted by molar-refractivity contribution is -0.122. The molecule has 0 aliphatic carbocycles. The van der Waals surface area contributed by atoms with Crippen molar-refractivity contribution >= 4 is 51.7 Å². The number of pyridine rings is 1. The molecule has 0 saturated carbocycles. The molecule has 5 rings (SSSR count). The summed E-state index contributed by atoms with van der Waals surface area (Å²) in [5.74, 6) is 1.70. The van der Waals surface area contributed by atoms with E-state index in [1.165, 1.54) is 21.1 Å². The summed E-state index contributed by atoms with van der Waals surface area (Å²) in [6.45, 7) is 4.17. The van der Waals surface area contributed by atoms with Crippen molar-refractivity contribution in [3.8, 4) is 0 Å². The number of carbonyl (C=O) groups is 1. The first-order valence-electron chi connectivity index (χ1n) is 10.6. The van der Waals surface area contributed by atoms with Gasteiger partial charge < -0.3 is 9.32 Å². The van der Waals surface area contributed by atoms with Gasteiger partial charge in [-0.05, 0) is 49.1 Å². The number of fused-ring (bicyclic) bond motifs is 1. The molecule has 3 aromatic rings. The summed E-state index contributed by atoms with van der Waals surface area (Å²) < 4.78 is 7.33. The van der Waals surface area contributed by atoms with Crippen molar-refractivity contribution in [1.82, 2.24) is 14.3 Å². The van der Waals surface area contributed by atoms with Gasteiger partial charge >= 0.3 is 0 Å². The lowest BCUT2D eigenvalue weighted by Crippen LogP contribution is -2.36. The van der Waals surface area contributed by atoms with Crippen LogP contribution in [-0.2, 0) is 11.3 Å². The normalized spacial score (nSPS) is 19.0. The molecule has 5 heterocycles. The van der Waals surface area contributed by atoms with Gasteiger partial charge in [-0.15, -0.1) is 0 Å². The molecule has 1 amide bonds. The minimum atomic E-state index is -0.229. The zero-order valence-corrected chi connectivity index (χ0v) is 19.2. The number of thioether (sulfide) groups is 1. The number of thiocarbonyl (C=S) groups is 1. The van der Waals surface area contributed by atoms with Crippen LogP contribution in [0.5, 0.6) is 0 Å². The zero-order chi connectivity index (χ0) is 22.2. The van der Waals surface area contributed by atoms with Crippen LogP contribution in [0.25, 0.3) is 11.7 Å². The first-order chi connectivity index (χ1) is 15.5. The molecule has 2 aliphatic rings.